The van der Waals surface area contributed by atoms with E-state index < -0.39 is 5.25 Å². The summed E-state index contributed by atoms with van der Waals surface area (Å²) in [4.78, 5) is 23.5. The third kappa shape index (κ3) is 5.37. The molecule has 1 atom stereocenters. The lowest BCUT2D eigenvalue weighted by molar-refractivity contribution is -0.115. The molecule has 1 heterocycles. The highest BCUT2D eigenvalue weighted by Crippen LogP contribution is 2.34. The van der Waals surface area contributed by atoms with Gasteiger partial charge < -0.3 is 5.32 Å². The predicted molar refractivity (Wildman–Crippen MR) is 117 cm³/mol. The van der Waals surface area contributed by atoms with Crippen molar-refractivity contribution in [2.75, 3.05) is 5.32 Å². The van der Waals surface area contributed by atoms with Crippen LogP contribution in [0, 0.1) is 25.2 Å². The van der Waals surface area contributed by atoms with E-state index in [-0.39, 0.29) is 5.91 Å². The molecular formula is C22H20N4OS2. The van der Waals surface area contributed by atoms with Gasteiger partial charge in [0.1, 0.15) is 22.5 Å². The number of carbonyl (C=O) groups excluding carboxylic acids is 1. The summed E-state index contributed by atoms with van der Waals surface area (Å²) < 4.78 is 0. The second-order valence-corrected chi connectivity index (χ2v) is 8.75. The SMILES string of the molecule is Cc1nc(C)c(C#N)c(SC(C)C(=O)Nc2ccccc2Sc2ccccc2)n1. The van der Waals surface area contributed by atoms with Crippen LogP contribution in [0.5, 0.6) is 0 Å². The molecule has 7 heteroatoms. The van der Waals surface area contributed by atoms with E-state index in [0.29, 0.717) is 22.1 Å². The van der Waals surface area contributed by atoms with E-state index in [1.54, 1.807) is 32.5 Å². The Morgan fingerprint density at radius 2 is 1.76 bits per heavy atom. The van der Waals surface area contributed by atoms with Crippen LogP contribution in [-0.2, 0) is 4.79 Å². The maximum Gasteiger partial charge on any atom is 0.237 e. The van der Waals surface area contributed by atoms with Crippen LogP contribution in [0.2, 0.25) is 0 Å². The fourth-order valence-electron chi connectivity index (χ4n) is 2.62. The van der Waals surface area contributed by atoms with Gasteiger partial charge in [0.25, 0.3) is 0 Å². The number of rotatable bonds is 6. The van der Waals surface area contributed by atoms with Crippen molar-refractivity contribution in [3.63, 3.8) is 0 Å². The smallest absolute Gasteiger partial charge is 0.237 e. The van der Waals surface area contributed by atoms with Crippen molar-refractivity contribution in [2.24, 2.45) is 0 Å². The van der Waals surface area contributed by atoms with Crippen LogP contribution in [-0.4, -0.2) is 21.1 Å². The molecule has 0 bridgehead atoms. The largest absolute Gasteiger partial charge is 0.324 e. The highest BCUT2D eigenvalue weighted by molar-refractivity contribution is 8.00. The molecule has 1 unspecified atom stereocenters. The molecule has 3 rings (SSSR count). The molecule has 3 aromatic rings. The zero-order chi connectivity index (χ0) is 20.8. The van der Waals surface area contributed by atoms with Gasteiger partial charge in [0.05, 0.1) is 16.6 Å². The standard InChI is InChI=1S/C22H20N4OS2/c1-14-18(13-23)22(25-16(3)24-14)28-15(2)21(27)26-19-11-7-8-12-20(19)29-17-9-5-4-6-10-17/h4-12,15H,1-3H3,(H,26,27). The van der Waals surface area contributed by atoms with Gasteiger partial charge in [0, 0.05) is 9.79 Å². The molecule has 0 spiro atoms. The summed E-state index contributed by atoms with van der Waals surface area (Å²) in [6.07, 6.45) is 0. The van der Waals surface area contributed by atoms with Gasteiger partial charge in [0.2, 0.25) is 5.91 Å². The molecule has 1 N–H and O–H groups in total. The molecule has 0 aliphatic rings. The number of aryl methyl sites for hydroxylation is 2. The molecule has 0 saturated carbocycles. The number of para-hydroxylation sites is 1. The maximum absolute atomic E-state index is 12.8. The lowest BCUT2D eigenvalue weighted by atomic mass is 10.3. The monoisotopic (exact) mass is 420 g/mol. The Morgan fingerprint density at radius 1 is 1.07 bits per heavy atom. The number of nitrogens with zero attached hydrogens (tertiary/aromatic N) is 3. The minimum absolute atomic E-state index is 0.145. The number of nitriles is 1. The molecule has 1 amide bonds. The molecule has 1 aromatic heterocycles. The number of amides is 1. The quantitative estimate of drug-likeness (QED) is 0.434. The lowest BCUT2D eigenvalue weighted by Gasteiger charge is -2.15. The first-order valence-electron chi connectivity index (χ1n) is 9.02. The van der Waals surface area contributed by atoms with E-state index in [1.165, 1.54) is 11.8 Å². The van der Waals surface area contributed by atoms with E-state index in [9.17, 15) is 10.1 Å². The van der Waals surface area contributed by atoms with Crippen molar-refractivity contribution in [3.05, 3.63) is 71.7 Å². The first-order valence-corrected chi connectivity index (χ1v) is 10.7. The first-order chi connectivity index (χ1) is 14.0. The summed E-state index contributed by atoms with van der Waals surface area (Å²) in [6.45, 7) is 5.36. The number of anilines is 1. The molecule has 5 nitrogen and oxygen atoms in total. The number of carbonyl (C=O) groups is 1. The fourth-order valence-corrected chi connectivity index (χ4v) is 4.54. The summed E-state index contributed by atoms with van der Waals surface area (Å²) in [5.41, 5.74) is 1.80. The lowest BCUT2D eigenvalue weighted by Crippen LogP contribution is -2.23. The Morgan fingerprint density at radius 3 is 2.48 bits per heavy atom. The van der Waals surface area contributed by atoms with Gasteiger partial charge in [-0.3, -0.25) is 4.79 Å². The summed E-state index contributed by atoms with van der Waals surface area (Å²) in [5, 5.41) is 12.5. The number of hydrogen-bond donors (Lipinski definition) is 1. The molecule has 0 radical (unpaired) electrons. The second-order valence-electron chi connectivity index (χ2n) is 6.31. The van der Waals surface area contributed by atoms with Crippen molar-refractivity contribution < 1.29 is 4.79 Å². The normalized spacial score (nSPS) is 11.5. The van der Waals surface area contributed by atoms with Crippen molar-refractivity contribution >= 4 is 35.1 Å². The van der Waals surface area contributed by atoms with Gasteiger partial charge in [-0.1, -0.05) is 53.9 Å². The Hall–Kier alpha value is -2.82. The van der Waals surface area contributed by atoms with E-state index in [2.05, 4.69) is 21.4 Å². The Labute approximate surface area is 179 Å². The van der Waals surface area contributed by atoms with Gasteiger partial charge in [-0.15, -0.1) is 0 Å². The predicted octanol–water partition coefficient (Wildman–Crippen LogP) is 5.24. The topological polar surface area (TPSA) is 78.7 Å². The number of thioether (sulfide) groups is 1. The second kappa shape index (κ2) is 9.59. The summed E-state index contributed by atoms with van der Waals surface area (Å²) in [6, 6.07) is 19.9. The number of benzene rings is 2. The highest BCUT2D eigenvalue weighted by atomic mass is 32.2. The average molecular weight is 421 g/mol. The molecular weight excluding hydrogens is 400 g/mol. The number of aromatic nitrogens is 2. The minimum atomic E-state index is -0.425. The maximum atomic E-state index is 12.8. The van der Waals surface area contributed by atoms with Crippen molar-refractivity contribution in [2.45, 2.75) is 40.8 Å². The third-order valence-electron chi connectivity index (χ3n) is 4.05. The summed E-state index contributed by atoms with van der Waals surface area (Å²) >= 11 is 2.86. The number of hydrogen-bond acceptors (Lipinski definition) is 6. The van der Waals surface area contributed by atoms with Gasteiger partial charge in [-0.25, -0.2) is 9.97 Å². The van der Waals surface area contributed by atoms with Gasteiger partial charge >= 0.3 is 0 Å². The van der Waals surface area contributed by atoms with E-state index in [0.717, 1.165) is 15.5 Å². The Bertz CT molecular complexity index is 1060. The molecule has 0 fully saturated rings. The fraction of sp³-hybridized carbons (Fsp3) is 0.182. The summed E-state index contributed by atoms with van der Waals surface area (Å²) in [7, 11) is 0. The van der Waals surface area contributed by atoms with E-state index >= 15 is 0 Å². The molecule has 0 aliphatic carbocycles. The van der Waals surface area contributed by atoms with Crippen LogP contribution in [0.3, 0.4) is 0 Å². The van der Waals surface area contributed by atoms with E-state index in [1.807, 2.05) is 54.6 Å². The molecule has 29 heavy (non-hydrogen) atoms. The molecule has 0 aliphatic heterocycles. The number of nitrogens with one attached hydrogen (secondary N) is 1. The molecule has 0 saturated heterocycles. The van der Waals surface area contributed by atoms with Gasteiger partial charge in [0.15, 0.2) is 0 Å². The highest BCUT2D eigenvalue weighted by Gasteiger charge is 2.20. The van der Waals surface area contributed by atoms with E-state index in [4.69, 9.17) is 0 Å². The van der Waals surface area contributed by atoms with Crippen LogP contribution in [0.25, 0.3) is 0 Å². The van der Waals surface area contributed by atoms with Crippen LogP contribution in [0.4, 0.5) is 5.69 Å². The first kappa shape index (κ1) is 20.9. The zero-order valence-electron chi connectivity index (χ0n) is 16.3. The van der Waals surface area contributed by atoms with Crippen molar-refractivity contribution in [3.8, 4) is 6.07 Å². The van der Waals surface area contributed by atoms with Gasteiger partial charge in [-0.2, -0.15) is 5.26 Å². The van der Waals surface area contributed by atoms with Crippen molar-refractivity contribution in [1.82, 2.24) is 9.97 Å². The molecule has 146 valence electrons. The Kier molecular flexibility index (Phi) is 6.91. The van der Waals surface area contributed by atoms with Crippen LogP contribution >= 0.6 is 23.5 Å². The van der Waals surface area contributed by atoms with Crippen LogP contribution in [0.1, 0.15) is 24.0 Å². The Balaban J connectivity index is 1.75. The summed E-state index contributed by atoms with van der Waals surface area (Å²) in [5.74, 6) is 0.440. The molecule has 2 aromatic carbocycles. The average Bonchev–Trinajstić information content (AvgIpc) is 2.70. The third-order valence-corrected chi connectivity index (χ3v) is 6.22. The van der Waals surface area contributed by atoms with Crippen LogP contribution < -0.4 is 5.32 Å². The van der Waals surface area contributed by atoms with Crippen molar-refractivity contribution in [1.29, 1.82) is 5.26 Å². The van der Waals surface area contributed by atoms with Gasteiger partial charge in [-0.05, 0) is 45.0 Å². The zero-order valence-corrected chi connectivity index (χ0v) is 18.0. The minimum Gasteiger partial charge on any atom is -0.324 e. The van der Waals surface area contributed by atoms with Crippen LogP contribution in [0.15, 0.2) is 69.4 Å².